The van der Waals surface area contributed by atoms with Crippen LogP contribution in [-0.4, -0.2) is 23.9 Å². The van der Waals surface area contributed by atoms with Crippen molar-refractivity contribution < 1.29 is 4.79 Å². The molecule has 0 saturated carbocycles. The molecular formula is C15H19N3O. The molecule has 100 valence electrons. The zero-order valence-corrected chi connectivity index (χ0v) is 11.2. The SMILES string of the molecule is CC(=O)Nc1ccc(C(C#N)N2CCCCC2)cc1. The van der Waals surface area contributed by atoms with Crippen molar-refractivity contribution in [2.75, 3.05) is 18.4 Å². The average Bonchev–Trinajstić information content (AvgIpc) is 2.42. The van der Waals surface area contributed by atoms with Gasteiger partial charge in [0.05, 0.1) is 6.07 Å². The highest BCUT2D eigenvalue weighted by atomic mass is 16.1. The van der Waals surface area contributed by atoms with E-state index in [-0.39, 0.29) is 11.9 Å². The lowest BCUT2D eigenvalue weighted by atomic mass is 10.0. The predicted octanol–water partition coefficient (Wildman–Crippen LogP) is 2.70. The molecule has 1 aromatic rings. The number of nitriles is 1. The second-order valence-corrected chi connectivity index (χ2v) is 4.93. The van der Waals surface area contributed by atoms with Crippen molar-refractivity contribution in [3.63, 3.8) is 0 Å². The third-order valence-electron chi connectivity index (χ3n) is 3.42. The van der Waals surface area contributed by atoms with E-state index in [1.807, 2.05) is 24.3 Å². The summed E-state index contributed by atoms with van der Waals surface area (Å²) in [7, 11) is 0. The number of carbonyl (C=O) groups is 1. The molecule has 0 aromatic heterocycles. The fourth-order valence-electron chi connectivity index (χ4n) is 2.50. The van der Waals surface area contributed by atoms with Crippen LogP contribution >= 0.6 is 0 Å². The predicted molar refractivity (Wildman–Crippen MR) is 74.5 cm³/mol. The van der Waals surface area contributed by atoms with Crippen molar-refractivity contribution >= 4 is 11.6 Å². The van der Waals surface area contributed by atoms with Crippen LogP contribution in [0.2, 0.25) is 0 Å². The highest BCUT2D eigenvalue weighted by Gasteiger charge is 2.21. The van der Waals surface area contributed by atoms with Gasteiger partial charge in [0.25, 0.3) is 0 Å². The lowest BCUT2D eigenvalue weighted by molar-refractivity contribution is -0.114. The summed E-state index contributed by atoms with van der Waals surface area (Å²) in [5.41, 5.74) is 1.77. The number of carbonyl (C=O) groups excluding carboxylic acids is 1. The minimum atomic E-state index is -0.174. The molecule has 4 nitrogen and oxygen atoms in total. The highest BCUT2D eigenvalue weighted by molar-refractivity contribution is 5.88. The van der Waals surface area contributed by atoms with Crippen LogP contribution < -0.4 is 5.32 Å². The molecule has 1 atom stereocenters. The molecule has 1 aliphatic heterocycles. The maximum Gasteiger partial charge on any atom is 0.221 e. The Morgan fingerprint density at radius 1 is 1.26 bits per heavy atom. The zero-order chi connectivity index (χ0) is 13.7. The Morgan fingerprint density at radius 2 is 1.89 bits per heavy atom. The number of rotatable bonds is 3. The van der Waals surface area contributed by atoms with E-state index in [1.54, 1.807) is 0 Å². The average molecular weight is 257 g/mol. The number of benzene rings is 1. The topological polar surface area (TPSA) is 56.1 Å². The Balaban J connectivity index is 2.10. The van der Waals surface area contributed by atoms with E-state index >= 15 is 0 Å². The summed E-state index contributed by atoms with van der Waals surface area (Å²) in [6, 6.07) is 9.77. The number of hydrogen-bond acceptors (Lipinski definition) is 3. The molecule has 1 fully saturated rings. The summed E-state index contributed by atoms with van der Waals surface area (Å²) in [4.78, 5) is 13.2. The van der Waals surface area contributed by atoms with Gasteiger partial charge in [-0.05, 0) is 43.6 Å². The van der Waals surface area contributed by atoms with Gasteiger partial charge < -0.3 is 5.32 Å². The van der Waals surface area contributed by atoms with E-state index in [9.17, 15) is 10.1 Å². The van der Waals surface area contributed by atoms with Gasteiger partial charge in [-0.15, -0.1) is 0 Å². The van der Waals surface area contributed by atoms with Crippen molar-refractivity contribution in [1.82, 2.24) is 4.90 Å². The van der Waals surface area contributed by atoms with Crippen LogP contribution in [-0.2, 0) is 4.79 Å². The Bertz CT molecular complexity index is 469. The lowest BCUT2D eigenvalue weighted by Crippen LogP contribution is -2.33. The van der Waals surface area contributed by atoms with Crippen molar-refractivity contribution in [2.24, 2.45) is 0 Å². The number of anilines is 1. The summed E-state index contributed by atoms with van der Waals surface area (Å²) < 4.78 is 0. The van der Waals surface area contributed by atoms with Gasteiger partial charge in [-0.3, -0.25) is 9.69 Å². The molecule has 0 radical (unpaired) electrons. The molecule has 1 saturated heterocycles. The van der Waals surface area contributed by atoms with E-state index in [1.165, 1.54) is 26.2 Å². The summed E-state index contributed by atoms with van der Waals surface area (Å²) in [5, 5.41) is 12.1. The van der Waals surface area contributed by atoms with E-state index < -0.39 is 0 Å². The Kier molecular flexibility index (Phi) is 4.53. The van der Waals surface area contributed by atoms with Crippen molar-refractivity contribution in [3.05, 3.63) is 29.8 Å². The first-order valence-electron chi connectivity index (χ1n) is 6.72. The number of piperidine rings is 1. The van der Waals surface area contributed by atoms with Crippen LogP contribution in [0, 0.1) is 11.3 Å². The number of hydrogen-bond donors (Lipinski definition) is 1. The van der Waals surface area contributed by atoms with Gasteiger partial charge >= 0.3 is 0 Å². The number of nitrogens with zero attached hydrogens (tertiary/aromatic N) is 2. The molecule has 1 unspecified atom stereocenters. The number of nitrogens with one attached hydrogen (secondary N) is 1. The molecule has 0 bridgehead atoms. The lowest BCUT2D eigenvalue weighted by Gasteiger charge is -2.30. The molecule has 0 aliphatic carbocycles. The maximum absolute atomic E-state index is 11.0. The van der Waals surface area contributed by atoms with Gasteiger partial charge in [0, 0.05) is 12.6 Å². The summed E-state index contributed by atoms with van der Waals surface area (Å²) in [6.45, 7) is 3.47. The van der Waals surface area contributed by atoms with Crippen LogP contribution in [0.1, 0.15) is 37.8 Å². The van der Waals surface area contributed by atoms with Gasteiger partial charge in [0.15, 0.2) is 0 Å². The van der Waals surface area contributed by atoms with Gasteiger partial charge in [-0.1, -0.05) is 18.6 Å². The minimum absolute atomic E-state index is 0.0828. The third kappa shape index (κ3) is 3.55. The number of likely N-dealkylation sites (tertiary alicyclic amines) is 1. The molecule has 4 heteroatoms. The minimum Gasteiger partial charge on any atom is -0.326 e. The molecule has 19 heavy (non-hydrogen) atoms. The maximum atomic E-state index is 11.0. The molecule has 2 rings (SSSR count). The fraction of sp³-hybridized carbons (Fsp3) is 0.467. The van der Waals surface area contributed by atoms with E-state index in [0.717, 1.165) is 24.3 Å². The second-order valence-electron chi connectivity index (χ2n) is 4.93. The van der Waals surface area contributed by atoms with Crippen LogP contribution in [0.5, 0.6) is 0 Å². The molecule has 1 aliphatic rings. The largest absolute Gasteiger partial charge is 0.326 e. The normalized spacial score (nSPS) is 17.5. The second kappa shape index (κ2) is 6.35. The van der Waals surface area contributed by atoms with E-state index in [2.05, 4.69) is 16.3 Å². The van der Waals surface area contributed by atoms with Crippen LogP contribution in [0.25, 0.3) is 0 Å². The summed E-state index contributed by atoms with van der Waals surface area (Å²) in [6.07, 6.45) is 3.60. The first kappa shape index (κ1) is 13.6. The first-order valence-corrected chi connectivity index (χ1v) is 6.72. The van der Waals surface area contributed by atoms with Gasteiger partial charge in [0.1, 0.15) is 6.04 Å². The van der Waals surface area contributed by atoms with Gasteiger partial charge in [-0.2, -0.15) is 5.26 Å². The third-order valence-corrected chi connectivity index (χ3v) is 3.42. The van der Waals surface area contributed by atoms with Crippen LogP contribution in [0.15, 0.2) is 24.3 Å². The van der Waals surface area contributed by atoms with Crippen molar-refractivity contribution in [2.45, 2.75) is 32.2 Å². The van der Waals surface area contributed by atoms with Gasteiger partial charge in [-0.25, -0.2) is 0 Å². The quantitative estimate of drug-likeness (QED) is 0.905. The van der Waals surface area contributed by atoms with Crippen LogP contribution in [0.3, 0.4) is 0 Å². The van der Waals surface area contributed by atoms with Crippen LogP contribution in [0.4, 0.5) is 5.69 Å². The fourth-order valence-corrected chi connectivity index (χ4v) is 2.50. The first-order chi connectivity index (χ1) is 9.20. The van der Waals surface area contributed by atoms with Crippen molar-refractivity contribution in [1.29, 1.82) is 5.26 Å². The molecule has 0 spiro atoms. The smallest absolute Gasteiger partial charge is 0.221 e. The summed E-state index contributed by atoms with van der Waals surface area (Å²) in [5.74, 6) is -0.0828. The van der Waals surface area contributed by atoms with E-state index in [0.29, 0.717) is 0 Å². The van der Waals surface area contributed by atoms with Crippen molar-refractivity contribution in [3.8, 4) is 6.07 Å². The highest BCUT2D eigenvalue weighted by Crippen LogP contribution is 2.25. The monoisotopic (exact) mass is 257 g/mol. The Labute approximate surface area is 114 Å². The molecule has 1 N–H and O–H groups in total. The zero-order valence-electron chi connectivity index (χ0n) is 11.2. The van der Waals surface area contributed by atoms with E-state index in [4.69, 9.17) is 0 Å². The Morgan fingerprint density at radius 3 is 2.42 bits per heavy atom. The number of amides is 1. The summed E-state index contributed by atoms with van der Waals surface area (Å²) >= 11 is 0. The molecule has 1 amide bonds. The molecule has 1 heterocycles. The molecule has 1 aromatic carbocycles. The van der Waals surface area contributed by atoms with Gasteiger partial charge in [0.2, 0.25) is 5.91 Å². The Hall–Kier alpha value is -1.86. The molecular weight excluding hydrogens is 238 g/mol. The standard InChI is InChI=1S/C15H19N3O/c1-12(19)17-14-7-5-13(6-8-14)15(11-16)18-9-3-2-4-10-18/h5-8,15H,2-4,9-10H2,1H3,(H,17,19).